The number of benzene rings is 2. The lowest BCUT2D eigenvalue weighted by Crippen LogP contribution is -2.24. The van der Waals surface area contributed by atoms with Gasteiger partial charge in [0.25, 0.3) is 5.91 Å². The van der Waals surface area contributed by atoms with Gasteiger partial charge in [-0.15, -0.1) is 0 Å². The molecule has 0 saturated heterocycles. The number of carbonyl (C=O) groups is 1. The highest BCUT2D eigenvalue weighted by atomic mass is 79.9. The quantitative estimate of drug-likeness (QED) is 0.484. The molecule has 1 N–H and O–H groups in total. The Bertz CT molecular complexity index is 957. The molecule has 0 aliphatic heterocycles. The standard InChI is InChI=1S/C21H22BrN3O4/c1-14-24-20(29-25-14)4-3-11-23-21(26)16-7-10-18(19(12-16)27-2)28-13-15-5-8-17(22)9-6-15/h5-10,12H,3-4,11,13H2,1-2H3,(H,23,26). The average Bonchev–Trinajstić information content (AvgIpc) is 3.15. The lowest BCUT2D eigenvalue weighted by Gasteiger charge is -2.12. The first-order chi connectivity index (χ1) is 14.0. The zero-order valence-corrected chi connectivity index (χ0v) is 17.9. The van der Waals surface area contributed by atoms with Crippen LogP contribution in [0.15, 0.2) is 51.5 Å². The number of aryl methyl sites for hydroxylation is 2. The molecule has 8 heteroatoms. The largest absolute Gasteiger partial charge is 0.493 e. The summed E-state index contributed by atoms with van der Waals surface area (Å²) in [6.45, 7) is 2.68. The van der Waals surface area contributed by atoms with Gasteiger partial charge in [0.2, 0.25) is 5.89 Å². The maximum atomic E-state index is 12.4. The number of nitrogens with zero attached hydrogens (tertiary/aromatic N) is 2. The van der Waals surface area contributed by atoms with Crippen molar-refractivity contribution in [3.63, 3.8) is 0 Å². The minimum atomic E-state index is -0.176. The van der Waals surface area contributed by atoms with Crippen LogP contribution in [0.3, 0.4) is 0 Å². The summed E-state index contributed by atoms with van der Waals surface area (Å²) in [6, 6.07) is 13.0. The number of hydrogen-bond acceptors (Lipinski definition) is 6. The van der Waals surface area contributed by atoms with E-state index in [0.29, 0.717) is 54.8 Å². The van der Waals surface area contributed by atoms with Crippen molar-refractivity contribution in [3.8, 4) is 11.5 Å². The van der Waals surface area contributed by atoms with E-state index in [9.17, 15) is 4.79 Å². The van der Waals surface area contributed by atoms with Crippen LogP contribution in [0.25, 0.3) is 0 Å². The predicted octanol–water partition coefficient (Wildman–Crippen LogP) is 4.09. The van der Waals surface area contributed by atoms with Gasteiger partial charge in [-0.2, -0.15) is 4.98 Å². The molecule has 0 saturated carbocycles. The molecule has 1 heterocycles. The van der Waals surface area contributed by atoms with E-state index >= 15 is 0 Å². The molecule has 0 atom stereocenters. The molecule has 0 spiro atoms. The van der Waals surface area contributed by atoms with E-state index in [1.165, 1.54) is 0 Å². The van der Waals surface area contributed by atoms with Crippen molar-refractivity contribution in [1.29, 1.82) is 0 Å². The predicted molar refractivity (Wildman–Crippen MR) is 111 cm³/mol. The first-order valence-electron chi connectivity index (χ1n) is 9.18. The number of rotatable bonds is 9. The van der Waals surface area contributed by atoms with E-state index in [1.807, 2.05) is 24.3 Å². The Balaban J connectivity index is 1.52. The highest BCUT2D eigenvalue weighted by Crippen LogP contribution is 2.29. The van der Waals surface area contributed by atoms with Gasteiger partial charge in [0.15, 0.2) is 17.3 Å². The van der Waals surface area contributed by atoms with Gasteiger partial charge in [-0.25, -0.2) is 0 Å². The number of hydrogen-bond donors (Lipinski definition) is 1. The van der Waals surface area contributed by atoms with Crippen LogP contribution in [0.5, 0.6) is 11.5 Å². The van der Waals surface area contributed by atoms with Crippen molar-refractivity contribution in [2.24, 2.45) is 0 Å². The minimum absolute atomic E-state index is 0.176. The molecule has 29 heavy (non-hydrogen) atoms. The Hall–Kier alpha value is -2.87. The second-order valence-corrected chi connectivity index (χ2v) is 7.29. The maximum Gasteiger partial charge on any atom is 0.251 e. The first-order valence-corrected chi connectivity index (χ1v) is 9.97. The molecule has 0 unspecified atom stereocenters. The third kappa shape index (κ3) is 6.05. The Morgan fingerprint density at radius 1 is 1.17 bits per heavy atom. The molecular weight excluding hydrogens is 438 g/mol. The number of methoxy groups -OCH3 is 1. The summed E-state index contributed by atoms with van der Waals surface area (Å²) in [5.41, 5.74) is 1.54. The first kappa shape index (κ1) is 20.9. The smallest absolute Gasteiger partial charge is 0.251 e. The summed E-state index contributed by atoms with van der Waals surface area (Å²) in [6.07, 6.45) is 1.33. The summed E-state index contributed by atoms with van der Waals surface area (Å²) in [5, 5.41) is 6.62. The van der Waals surface area contributed by atoms with Crippen molar-refractivity contribution in [2.45, 2.75) is 26.4 Å². The molecule has 0 radical (unpaired) electrons. The molecule has 3 aromatic rings. The summed E-state index contributed by atoms with van der Waals surface area (Å²) >= 11 is 3.41. The lowest BCUT2D eigenvalue weighted by atomic mass is 10.2. The second-order valence-electron chi connectivity index (χ2n) is 6.38. The summed E-state index contributed by atoms with van der Waals surface area (Å²) in [5.74, 6) is 2.10. The van der Waals surface area contributed by atoms with Crippen LogP contribution in [0.1, 0.15) is 34.1 Å². The molecule has 1 aromatic heterocycles. The highest BCUT2D eigenvalue weighted by molar-refractivity contribution is 9.10. The van der Waals surface area contributed by atoms with Gasteiger partial charge in [-0.1, -0.05) is 33.2 Å². The van der Waals surface area contributed by atoms with Gasteiger partial charge in [0, 0.05) is 23.0 Å². The van der Waals surface area contributed by atoms with Crippen LogP contribution in [0.4, 0.5) is 0 Å². The number of aromatic nitrogens is 2. The number of amides is 1. The van der Waals surface area contributed by atoms with Crippen LogP contribution in [0, 0.1) is 6.92 Å². The third-order valence-electron chi connectivity index (χ3n) is 4.16. The average molecular weight is 460 g/mol. The molecule has 7 nitrogen and oxygen atoms in total. The van der Waals surface area contributed by atoms with Crippen molar-refractivity contribution in [1.82, 2.24) is 15.5 Å². The van der Waals surface area contributed by atoms with Crippen LogP contribution in [-0.2, 0) is 13.0 Å². The van der Waals surface area contributed by atoms with Crippen molar-refractivity contribution in [2.75, 3.05) is 13.7 Å². The fraction of sp³-hybridized carbons (Fsp3) is 0.286. The van der Waals surface area contributed by atoms with Gasteiger partial charge in [0.05, 0.1) is 7.11 Å². The van der Waals surface area contributed by atoms with Crippen molar-refractivity contribution >= 4 is 21.8 Å². The monoisotopic (exact) mass is 459 g/mol. The molecule has 1 amide bonds. The SMILES string of the molecule is COc1cc(C(=O)NCCCc2nc(C)no2)ccc1OCc1ccc(Br)cc1. The summed E-state index contributed by atoms with van der Waals surface area (Å²) in [4.78, 5) is 16.5. The van der Waals surface area contributed by atoms with Crippen LogP contribution < -0.4 is 14.8 Å². The zero-order chi connectivity index (χ0) is 20.6. The van der Waals surface area contributed by atoms with E-state index in [-0.39, 0.29) is 5.91 Å². The van der Waals surface area contributed by atoms with Crippen LogP contribution in [0.2, 0.25) is 0 Å². The molecule has 0 aliphatic rings. The van der Waals surface area contributed by atoms with E-state index < -0.39 is 0 Å². The van der Waals surface area contributed by atoms with E-state index in [4.69, 9.17) is 14.0 Å². The van der Waals surface area contributed by atoms with E-state index in [1.54, 1.807) is 32.2 Å². The van der Waals surface area contributed by atoms with Crippen molar-refractivity contribution < 1.29 is 18.8 Å². The Kier molecular flexibility index (Phi) is 7.24. The van der Waals surface area contributed by atoms with E-state index in [2.05, 4.69) is 31.4 Å². The number of halogens is 1. The van der Waals surface area contributed by atoms with E-state index in [0.717, 1.165) is 10.0 Å². The summed E-state index contributed by atoms with van der Waals surface area (Å²) < 4.78 is 17.3. The van der Waals surface area contributed by atoms with Gasteiger partial charge in [0.1, 0.15) is 6.61 Å². The highest BCUT2D eigenvalue weighted by Gasteiger charge is 2.12. The number of nitrogens with one attached hydrogen (secondary N) is 1. The fourth-order valence-corrected chi connectivity index (χ4v) is 2.92. The molecule has 0 aliphatic carbocycles. The van der Waals surface area contributed by atoms with Gasteiger partial charge < -0.3 is 19.3 Å². The minimum Gasteiger partial charge on any atom is -0.493 e. The number of carbonyl (C=O) groups excluding carboxylic acids is 1. The topological polar surface area (TPSA) is 86.5 Å². The second kappa shape index (κ2) is 10.1. The number of ether oxygens (including phenoxy) is 2. The molecule has 0 bridgehead atoms. The van der Waals surface area contributed by atoms with Gasteiger partial charge in [-0.05, 0) is 49.2 Å². The normalized spacial score (nSPS) is 10.6. The third-order valence-corrected chi connectivity index (χ3v) is 4.68. The van der Waals surface area contributed by atoms with Crippen LogP contribution >= 0.6 is 15.9 Å². The molecule has 3 rings (SSSR count). The Morgan fingerprint density at radius 3 is 2.66 bits per heavy atom. The van der Waals surface area contributed by atoms with Gasteiger partial charge >= 0.3 is 0 Å². The molecule has 0 fully saturated rings. The lowest BCUT2D eigenvalue weighted by molar-refractivity contribution is 0.0952. The summed E-state index contributed by atoms with van der Waals surface area (Å²) in [7, 11) is 1.55. The maximum absolute atomic E-state index is 12.4. The van der Waals surface area contributed by atoms with Gasteiger partial charge in [-0.3, -0.25) is 4.79 Å². The molecular formula is C21H22BrN3O4. The Morgan fingerprint density at radius 2 is 1.97 bits per heavy atom. The van der Waals surface area contributed by atoms with Crippen LogP contribution in [-0.4, -0.2) is 29.7 Å². The molecule has 152 valence electrons. The zero-order valence-electron chi connectivity index (χ0n) is 16.3. The Labute approximate surface area is 177 Å². The van der Waals surface area contributed by atoms with Crippen molar-refractivity contribution in [3.05, 3.63) is 69.8 Å². The fourth-order valence-electron chi connectivity index (χ4n) is 2.65. The molecule has 2 aromatic carbocycles.